The summed E-state index contributed by atoms with van der Waals surface area (Å²) in [6, 6.07) is 6.84. The van der Waals surface area contributed by atoms with Crippen LogP contribution in [0.5, 0.6) is 5.75 Å². The largest absolute Gasteiger partial charge is 0.496 e. The van der Waals surface area contributed by atoms with E-state index in [1.54, 1.807) is 24.3 Å². The summed E-state index contributed by atoms with van der Waals surface area (Å²) in [5.41, 5.74) is 0.363. The van der Waals surface area contributed by atoms with Crippen molar-refractivity contribution in [3.05, 3.63) is 29.8 Å². The molecule has 4 nitrogen and oxygen atoms in total. The number of hydrogen-bond donors (Lipinski definition) is 1. The van der Waals surface area contributed by atoms with Crippen molar-refractivity contribution in [1.29, 1.82) is 0 Å². The highest BCUT2D eigenvalue weighted by atomic mass is 16.5. The summed E-state index contributed by atoms with van der Waals surface area (Å²) < 4.78 is 5.18. The quantitative estimate of drug-likeness (QED) is 0.531. The van der Waals surface area contributed by atoms with E-state index in [0.717, 1.165) is 19.3 Å². The van der Waals surface area contributed by atoms with E-state index in [0.29, 0.717) is 17.7 Å². The van der Waals surface area contributed by atoms with Crippen LogP contribution >= 0.6 is 0 Å². The predicted molar refractivity (Wildman–Crippen MR) is 86.3 cm³/mol. The minimum Gasteiger partial charge on any atom is -0.496 e. The van der Waals surface area contributed by atoms with Gasteiger partial charge in [-0.3, -0.25) is 4.79 Å². The molecular formula is C18H26O4. The molecule has 0 aliphatic carbocycles. The molecule has 122 valence electrons. The van der Waals surface area contributed by atoms with Crippen molar-refractivity contribution in [3.63, 3.8) is 0 Å². The number of rotatable bonds is 10. The summed E-state index contributed by atoms with van der Waals surface area (Å²) in [6.07, 6.45) is 2.73. The van der Waals surface area contributed by atoms with Gasteiger partial charge >= 0.3 is 0 Å². The number of para-hydroxylation sites is 1. The average Bonchev–Trinajstić information content (AvgIpc) is 2.52. The Morgan fingerprint density at radius 2 is 1.91 bits per heavy atom. The normalized spacial score (nSPS) is 13.5. The zero-order valence-corrected chi connectivity index (χ0v) is 13.7. The molecule has 0 heterocycles. The summed E-state index contributed by atoms with van der Waals surface area (Å²) >= 11 is 0. The second-order valence-electron chi connectivity index (χ2n) is 5.67. The SMILES string of the molecule is CCCCC[C@@H](CC(C)=O)[C@@H](O)C(=O)c1ccccc1OC. The second-order valence-corrected chi connectivity index (χ2v) is 5.67. The number of methoxy groups -OCH3 is 1. The Kier molecular flexibility index (Phi) is 7.82. The first-order valence-electron chi connectivity index (χ1n) is 7.86. The highest BCUT2D eigenvalue weighted by Gasteiger charge is 2.29. The summed E-state index contributed by atoms with van der Waals surface area (Å²) in [5, 5.41) is 10.4. The maximum atomic E-state index is 12.5. The number of carbonyl (C=O) groups excluding carboxylic acids is 2. The molecule has 0 bridgehead atoms. The van der Waals surface area contributed by atoms with Gasteiger partial charge in [0.2, 0.25) is 0 Å². The number of benzene rings is 1. The van der Waals surface area contributed by atoms with Gasteiger partial charge in [0.05, 0.1) is 12.7 Å². The third kappa shape index (κ3) is 5.26. The summed E-state index contributed by atoms with van der Waals surface area (Å²) in [5.74, 6) is -0.267. The molecular weight excluding hydrogens is 280 g/mol. The molecule has 0 aliphatic heterocycles. The number of aliphatic hydroxyl groups excluding tert-OH is 1. The molecule has 0 fully saturated rings. The molecule has 0 spiro atoms. The van der Waals surface area contributed by atoms with Crippen molar-refractivity contribution < 1.29 is 19.4 Å². The van der Waals surface area contributed by atoms with Crippen molar-refractivity contribution in [2.24, 2.45) is 5.92 Å². The monoisotopic (exact) mass is 306 g/mol. The number of carbonyl (C=O) groups is 2. The number of ketones is 2. The molecule has 4 heteroatoms. The number of Topliss-reactive ketones (excluding diaryl/α,β-unsaturated/α-hetero) is 2. The standard InChI is InChI=1S/C18H26O4/c1-4-5-6-9-14(12-13(2)19)17(20)18(21)15-10-7-8-11-16(15)22-3/h7-8,10-11,14,17,20H,4-6,9,12H2,1-3H3/t14-,17+/m0/s1. The fourth-order valence-corrected chi connectivity index (χ4v) is 2.62. The molecule has 1 N–H and O–H groups in total. The number of ether oxygens (including phenoxy) is 1. The van der Waals surface area contributed by atoms with Crippen molar-refractivity contribution in [3.8, 4) is 5.75 Å². The molecule has 1 aromatic carbocycles. The van der Waals surface area contributed by atoms with E-state index in [1.807, 2.05) is 0 Å². The van der Waals surface area contributed by atoms with Crippen LogP contribution < -0.4 is 4.74 Å². The molecule has 1 rings (SSSR count). The van der Waals surface area contributed by atoms with Gasteiger partial charge in [0, 0.05) is 6.42 Å². The molecule has 0 radical (unpaired) electrons. The number of aliphatic hydroxyl groups is 1. The first-order chi connectivity index (χ1) is 10.5. The first kappa shape index (κ1) is 18.4. The van der Waals surface area contributed by atoms with Gasteiger partial charge in [-0.15, -0.1) is 0 Å². The van der Waals surface area contributed by atoms with Crippen LogP contribution in [0.25, 0.3) is 0 Å². The summed E-state index contributed by atoms with van der Waals surface area (Å²) in [7, 11) is 1.49. The minimum atomic E-state index is -1.17. The third-order valence-electron chi connectivity index (χ3n) is 3.82. The predicted octanol–water partition coefficient (Wildman–Crippen LogP) is 3.41. The lowest BCUT2D eigenvalue weighted by atomic mass is 9.86. The molecule has 0 aliphatic rings. The Bertz CT molecular complexity index is 496. The van der Waals surface area contributed by atoms with Gasteiger partial charge in [-0.05, 0) is 31.4 Å². The highest BCUT2D eigenvalue weighted by Crippen LogP contribution is 2.25. The van der Waals surface area contributed by atoms with Crippen LogP contribution in [0.4, 0.5) is 0 Å². The lowest BCUT2D eigenvalue weighted by molar-refractivity contribution is -0.118. The molecule has 0 unspecified atom stereocenters. The van der Waals surface area contributed by atoms with Gasteiger partial charge in [-0.25, -0.2) is 0 Å². The van der Waals surface area contributed by atoms with Crippen LogP contribution in [-0.4, -0.2) is 29.9 Å². The van der Waals surface area contributed by atoms with Gasteiger partial charge in [0.15, 0.2) is 5.78 Å². The van der Waals surface area contributed by atoms with Crippen LogP contribution in [0.1, 0.15) is 56.3 Å². The Morgan fingerprint density at radius 1 is 1.23 bits per heavy atom. The highest BCUT2D eigenvalue weighted by molar-refractivity contribution is 6.02. The van der Waals surface area contributed by atoms with Gasteiger partial charge in [-0.1, -0.05) is 38.3 Å². The number of hydrogen-bond acceptors (Lipinski definition) is 4. The van der Waals surface area contributed by atoms with Gasteiger partial charge < -0.3 is 14.6 Å². The minimum absolute atomic E-state index is 0.00613. The van der Waals surface area contributed by atoms with Crippen molar-refractivity contribution in [2.45, 2.75) is 52.1 Å². The maximum absolute atomic E-state index is 12.5. The Labute approximate surface area is 132 Å². The zero-order chi connectivity index (χ0) is 16.5. The van der Waals surface area contributed by atoms with Crippen molar-refractivity contribution >= 4 is 11.6 Å². The topological polar surface area (TPSA) is 63.6 Å². The molecule has 0 saturated carbocycles. The van der Waals surface area contributed by atoms with E-state index < -0.39 is 6.10 Å². The fourth-order valence-electron chi connectivity index (χ4n) is 2.62. The van der Waals surface area contributed by atoms with Crippen LogP contribution in [0, 0.1) is 5.92 Å². The number of unbranched alkanes of at least 4 members (excludes halogenated alkanes) is 2. The lowest BCUT2D eigenvalue weighted by Gasteiger charge is -2.21. The summed E-state index contributed by atoms with van der Waals surface area (Å²) in [4.78, 5) is 24.0. The van der Waals surface area contributed by atoms with Gasteiger partial charge in [0.1, 0.15) is 17.6 Å². The van der Waals surface area contributed by atoms with E-state index >= 15 is 0 Å². The van der Waals surface area contributed by atoms with Crippen LogP contribution in [0.15, 0.2) is 24.3 Å². The molecule has 0 aromatic heterocycles. The van der Waals surface area contributed by atoms with Crippen LogP contribution in [0.2, 0.25) is 0 Å². The van der Waals surface area contributed by atoms with E-state index in [-0.39, 0.29) is 23.9 Å². The molecule has 22 heavy (non-hydrogen) atoms. The van der Waals surface area contributed by atoms with Gasteiger partial charge in [0.25, 0.3) is 0 Å². The van der Waals surface area contributed by atoms with E-state index in [2.05, 4.69) is 6.92 Å². The van der Waals surface area contributed by atoms with Gasteiger partial charge in [-0.2, -0.15) is 0 Å². The third-order valence-corrected chi connectivity index (χ3v) is 3.82. The van der Waals surface area contributed by atoms with E-state index in [4.69, 9.17) is 4.74 Å². The fraction of sp³-hybridized carbons (Fsp3) is 0.556. The van der Waals surface area contributed by atoms with E-state index in [9.17, 15) is 14.7 Å². The Morgan fingerprint density at radius 3 is 2.50 bits per heavy atom. The molecule has 1 aromatic rings. The zero-order valence-electron chi connectivity index (χ0n) is 13.7. The average molecular weight is 306 g/mol. The van der Waals surface area contributed by atoms with Crippen molar-refractivity contribution in [1.82, 2.24) is 0 Å². The van der Waals surface area contributed by atoms with Crippen LogP contribution in [-0.2, 0) is 4.79 Å². The Hall–Kier alpha value is -1.68. The first-order valence-corrected chi connectivity index (χ1v) is 7.86. The maximum Gasteiger partial charge on any atom is 0.195 e. The molecule has 2 atom stereocenters. The second kappa shape index (κ2) is 9.36. The Balaban J connectivity index is 2.88. The van der Waals surface area contributed by atoms with E-state index in [1.165, 1.54) is 14.0 Å². The lowest BCUT2D eigenvalue weighted by Crippen LogP contribution is -2.31. The van der Waals surface area contributed by atoms with Crippen molar-refractivity contribution in [2.75, 3.05) is 7.11 Å². The molecule has 0 amide bonds. The smallest absolute Gasteiger partial charge is 0.195 e. The van der Waals surface area contributed by atoms with Crippen LogP contribution in [0.3, 0.4) is 0 Å². The summed E-state index contributed by atoms with van der Waals surface area (Å²) in [6.45, 7) is 3.59. The molecule has 0 saturated heterocycles.